The van der Waals surface area contributed by atoms with E-state index in [9.17, 15) is 4.79 Å². The molecule has 0 bridgehead atoms. The van der Waals surface area contributed by atoms with Crippen LogP contribution in [0.4, 0.5) is 0 Å². The van der Waals surface area contributed by atoms with Crippen molar-refractivity contribution in [3.05, 3.63) is 32.7 Å². The van der Waals surface area contributed by atoms with E-state index in [2.05, 4.69) is 31.9 Å². The Kier molecular flexibility index (Phi) is 4.32. The number of carbonyl (C=O) groups is 1. The molecule has 0 saturated heterocycles. The van der Waals surface area contributed by atoms with E-state index in [4.69, 9.17) is 0 Å². The van der Waals surface area contributed by atoms with Crippen molar-refractivity contribution in [2.24, 2.45) is 5.92 Å². The summed E-state index contributed by atoms with van der Waals surface area (Å²) < 4.78 is 1.80. The number of halogens is 2. The van der Waals surface area contributed by atoms with Gasteiger partial charge in [-0.1, -0.05) is 45.7 Å². The number of carbonyl (C=O) groups excluding carboxylic acids is 1. The minimum atomic E-state index is 0.188. The fourth-order valence-electron chi connectivity index (χ4n) is 1.19. The Bertz CT molecular complexity index is 345. The average molecular weight is 320 g/mol. The standard InChI is InChI=1S/C11H12Br2O/c1-7(2)5-11(14)9-6-8(12)3-4-10(9)13/h3-4,6-7H,5H2,1-2H3. The molecule has 1 aromatic carbocycles. The molecule has 0 spiro atoms. The number of ketones is 1. The van der Waals surface area contributed by atoms with E-state index in [-0.39, 0.29) is 5.78 Å². The van der Waals surface area contributed by atoms with Gasteiger partial charge in [0.1, 0.15) is 0 Å². The zero-order valence-electron chi connectivity index (χ0n) is 8.18. The lowest BCUT2D eigenvalue weighted by Crippen LogP contribution is -2.04. The monoisotopic (exact) mass is 318 g/mol. The van der Waals surface area contributed by atoms with Crippen molar-refractivity contribution in [1.82, 2.24) is 0 Å². The molecule has 0 saturated carbocycles. The second-order valence-electron chi connectivity index (χ2n) is 3.65. The maximum absolute atomic E-state index is 11.8. The van der Waals surface area contributed by atoms with Crippen molar-refractivity contribution in [2.45, 2.75) is 20.3 Å². The van der Waals surface area contributed by atoms with Crippen molar-refractivity contribution >= 4 is 37.6 Å². The predicted octanol–water partition coefficient (Wildman–Crippen LogP) is 4.44. The van der Waals surface area contributed by atoms with E-state index in [0.717, 1.165) is 14.5 Å². The Morgan fingerprint density at radius 1 is 1.36 bits per heavy atom. The number of rotatable bonds is 3. The molecular formula is C11H12Br2O. The summed E-state index contributed by atoms with van der Waals surface area (Å²) in [6.07, 6.45) is 0.592. The fourth-order valence-corrected chi connectivity index (χ4v) is 2.02. The molecule has 0 unspecified atom stereocenters. The molecule has 1 aromatic rings. The van der Waals surface area contributed by atoms with Gasteiger partial charge in [0.15, 0.2) is 5.78 Å². The maximum Gasteiger partial charge on any atom is 0.164 e. The first-order valence-electron chi connectivity index (χ1n) is 4.49. The van der Waals surface area contributed by atoms with Gasteiger partial charge in [-0.15, -0.1) is 0 Å². The molecule has 76 valence electrons. The quantitative estimate of drug-likeness (QED) is 0.753. The van der Waals surface area contributed by atoms with Crippen LogP contribution in [-0.2, 0) is 0 Å². The number of Topliss-reactive ketones (excluding diaryl/α,β-unsaturated/α-hetero) is 1. The van der Waals surface area contributed by atoms with Gasteiger partial charge in [0, 0.05) is 20.9 Å². The highest BCUT2D eigenvalue weighted by Gasteiger charge is 2.11. The zero-order chi connectivity index (χ0) is 10.7. The van der Waals surface area contributed by atoms with Gasteiger partial charge in [-0.3, -0.25) is 4.79 Å². The first-order chi connectivity index (χ1) is 6.50. The molecule has 1 rings (SSSR count). The molecule has 1 nitrogen and oxygen atoms in total. The minimum Gasteiger partial charge on any atom is -0.294 e. The van der Waals surface area contributed by atoms with Crippen molar-refractivity contribution < 1.29 is 4.79 Å². The maximum atomic E-state index is 11.8. The van der Waals surface area contributed by atoms with Crippen LogP contribution in [0.25, 0.3) is 0 Å². The van der Waals surface area contributed by atoms with Crippen molar-refractivity contribution in [2.75, 3.05) is 0 Å². The summed E-state index contributed by atoms with van der Waals surface area (Å²) in [4.78, 5) is 11.8. The first kappa shape index (κ1) is 11.9. The molecule has 0 radical (unpaired) electrons. The van der Waals surface area contributed by atoms with Gasteiger partial charge in [-0.25, -0.2) is 0 Å². The Labute approximate surface area is 101 Å². The second kappa shape index (κ2) is 5.08. The van der Waals surface area contributed by atoms with E-state index in [1.54, 1.807) is 0 Å². The molecule has 0 heterocycles. The third-order valence-electron chi connectivity index (χ3n) is 1.82. The molecule has 0 N–H and O–H groups in total. The van der Waals surface area contributed by atoms with Crippen LogP contribution in [-0.4, -0.2) is 5.78 Å². The zero-order valence-corrected chi connectivity index (χ0v) is 11.4. The smallest absolute Gasteiger partial charge is 0.164 e. The van der Waals surface area contributed by atoms with Gasteiger partial charge in [-0.2, -0.15) is 0 Å². The molecule has 0 aliphatic carbocycles. The third kappa shape index (κ3) is 3.21. The fraction of sp³-hybridized carbons (Fsp3) is 0.364. The van der Waals surface area contributed by atoms with Crippen LogP contribution < -0.4 is 0 Å². The second-order valence-corrected chi connectivity index (χ2v) is 5.42. The van der Waals surface area contributed by atoms with Crippen molar-refractivity contribution in [3.63, 3.8) is 0 Å². The van der Waals surface area contributed by atoms with Gasteiger partial charge >= 0.3 is 0 Å². The molecule has 0 aliphatic rings. The normalized spacial score (nSPS) is 10.6. The lowest BCUT2D eigenvalue weighted by molar-refractivity contribution is 0.0967. The molecule has 14 heavy (non-hydrogen) atoms. The van der Waals surface area contributed by atoms with Crippen LogP contribution in [0.1, 0.15) is 30.6 Å². The summed E-state index contributed by atoms with van der Waals surface area (Å²) >= 11 is 6.74. The summed E-state index contributed by atoms with van der Waals surface area (Å²) in [5, 5.41) is 0. The van der Waals surface area contributed by atoms with Crippen molar-refractivity contribution in [1.29, 1.82) is 0 Å². The van der Waals surface area contributed by atoms with Gasteiger partial charge in [0.2, 0.25) is 0 Å². The van der Waals surface area contributed by atoms with Crippen LogP contribution in [0, 0.1) is 5.92 Å². The van der Waals surface area contributed by atoms with Crippen molar-refractivity contribution in [3.8, 4) is 0 Å². The predicted molar refractivity (Wildman–Crippen MR) is 65.6 cm³/mol. The molecule has 0 atom stereocenters. The highest BCUT2D eigenvalue weighted by atomic mass is 79.9. The summed E-state index contributed by atoms with van der Waals surface area (Å²) in [5.41, 5.74) is 0.757. The largest absolute Gasteiger partial charge is 0.294 e. The number of hydrogen-bond acceptors (Lipinski definition) is 1. The summed E-state index contributed by atoms with van der Waals surface area (Å²) in [5.74, 6) is 0.585. The molecule has 0 aliphatic heterocycles. The minimum absolute atomic E-state index is 0.188. The topological polar surface area (TPSA) is 17.1 Å². The van der Waals surface area contributed by atoms with Crippen LogP contribution in [0.5, 0.6) is 0 Å². The van der Waals surface area contributed by atoms with E-state index in [1.165, 1.54) is 0 Å². The highest BCUT2D eigenvalue weighted by Crippen LogP contribution is 2.23. The average Bonchev–Trinajstić information content (AvgIpc) is 2.08. The molecular weight excluding hydrogens is 308 g/mol. The SMILES string of the molecule is CC(C)CC(=O)c1cc(Br)ccc1Br. The van der Waals surface area contributed by atoms with Gasteiger partial charge in [-0.05, 0) is 24.1 Å². The summed E-state index contributed by atoms with van der Waals surface area (Å²) in [6.45, 7) is 4.09. The van der Waals surface area contributed by atoms with Gasteiger partial charge in [0.25, 0.3) is 0 Å². The number of hydrogen-bond donors (Lipinski definition) is 0. The third-order valence-corrected chi connectivity index (χ3v) is 3.01. The first-order valence-corrected chi connectivity index (χ1v) is 6.07. The molecule has 0 fully saturated rings. The van der Waals surface area contributed by atoms with Gasteiger partial charge < -0.3 is 0 Å². The van der Waals surface area contributed by atoms with E-state index >= 15 is 0 Å². The Balaban J connectivity index is 2.94. The Morgan fingerprint density at radius 3 is 2.57 bits per heavy atom. The molecule has 0 aromatic heterocycles. The summed E-state index contributed by atoms with van der Waals surface area (Å²) in [7, 11) is 0. The summed E-state index contributed by atoms with van der Waals surface area (Å²) in [6, 6.07) is 5.66. The van der Waals surface area contributed by atoms with Crippen LogP contribution >= 0.6 is 31.9 Å². The molecule has 0 amide bonds. The lowest BCUT2D eigenvalue weighted by atomic mass is 10.0. The van der Waals surface area contributed by atoms with E-state index in [1.807, 2.05) is 32.0 Å². The Hall–Kier alpha value is -0.150. The lowest BCUT2D eigenvalue weighted by Gasteiger charge is -2.06. The van der Waals surface area contributed by atoms with E-state index in [0.29, 0.717) is 12.3 Å². The Morgan fingerprint density at radius 2 is 2.00 bits per heavy atom. The van der Waals surface area contributed by atoms with Crippen LogP contribution in [0.3, 0.4) is 0 Å². The van der Waals surface area contributed by atoms with E-state index < -0.39 is 0 Å². The molecule has 3 heteroatoms. The highest BCUT2D eigenvalue weighted by molar-refractivity contribution is 9.11. The van der Waals surface area contributed by atoms with Gasteiger partial charge in [0.05, 0.1) is 0 Å². The van der Waals surface area contributed by atoms with Crippen LogP contribution in [0.15, 0.2) is 27.1 Å². The van der Waals surface area contributed by atoms with Crippen LogP contribution in [0.2, 0.25) is 0 Å². The number of benzene rings is 1.